The third-order valence-corrected chi connectivity index (χ3v) is 6.81. The lowest BCUT2D eigenvalue weighted by atomic mass is 10.1. The number of nitrogens with zero attached hydrogens (tertiary/aromatic N) is 5. The number of alkyl halides is 3. The van der Waals surface area contributed by atoms with E-state index in [2.05, 4.69) is 71.1 Å². The minimum atomic E-state index is -4.54. The van der Waals surface area contributed by atoms with Crippen LogP contribution in [0.5, 0.6) is 0 Å². The van der Waals surface area contributed by atoms with Crippen molar-refractivity contribution in [3.05, 3.63) is 87.5 Å². The third-order valence-electron chi connectivity index (χ3n) is 5.37. The summed E-state index contributed by atoms with van der Waals surface area (Å²) in [6.45, 7) is 6.26. The van der Waals surface area contributed by atoms with Crippen molar-refractivity contribution in [3.8, 4) is 11.5 Å². The first-order valence-corrected chi connectivity index (χ1v) is 13.2. The summed E-state index contributed by atoms with van der Waals surface area (Å²) in [4.78, 5) is 12.1. The molecule has 208 valence electrons. The monoisotopic (exact) mass is 667 g/mol. The van der Waals surface area contributed by atoms with Gasteiger partial charge in [-0.3, -0.25) is 0 Å². The van der Waals surface area contributed by atoms with Crippen LogP contribution < -0.4 is 11.1 Å². The summed E-state index contributed by atoms with van der Waals surface area (Å²) in [5.41, 5.74) is 6.84. The molecule has 7 nitrogen and oxygen atoms in total. The molecule has 0 spiro atoms. The SMILES string of the molecule is C.C/C=C(N)\C=C(\Br)C(C)CC.FC(F)(F)c1cccc(-c2nc(Nc3ccnc(Br)c3)c3cccn3n2)n1. The van der Waals surface area contributed by atoms with Crippen molar-refractivity contribution in [2.24, 2.45) is 11.7 Å². The second-order valence-electron chi connectivity index (χ2n) is 8.15. The number of anilines is 2. The number of hydrogen-bond acceptors (Lipinski definition) is 6. The van der Waals surface area contributed by atoms with Crippen LogP contribution in [-0.4, -0.2) is 24.6 Å². The van der Waals surface area contributed by atoms with Gasteiger partial charge in [-0.2, -0.15) is 13.2 Å². The molecule has 1 atom stereocenters. The van der Waals surface area contributed by atoms with Crippen LogP contribution in [0.4, 0.5) is 24.7 Å². The molecule has 0 bridgehead atoms. The van der Waals surface area contributed by atoms with E-state index in [1.807, 2.05) is 19.1 Å². The van der Waals surface area contributed by atoms with Crippen molar-refractivity contribution in [1.82, 2.24) is 24.6 Å². The highest BCUT2D eigenvalue weighted by molar-refractivity contribution is 9.11. The van der Waals surface area contributed by atoms with Crippen LogP contribution in [0.3, 0.4) is 0 Å². The molecule has 1 unspecified atom stereocenters. The normalized spacial score (nSPS) is 12.8. The molecule has 12 heteroatoms. The van der Waals surface area contributed by atoms with Gasteiger partial charge < -0.3 is 11.1 Å². The molecular weight excluding hydrogens is 639 g/mol. The van der Waals surface area contributed by atoms with E-state index in [4.69, 9.17) is 5.73 Å². The summed E-state index contributed by atoms with van der Waals surface area (Å²) in [5.74, 6) is 1.07. The summed E-state index contributed by atoms with van der Waals surface area (Å²) in [6, 6.07) is 10.7. The van der Waals surface area contributed by atoms with E-state index < -0.39 is 11.9 Å². The van der Waals surface area contributed by atoms with Crippen molar-refractivity contribution < 1.29 is 13.2 Å². The summed E-state index contributed by atoms with van der Waals surface area (Å²) < 4.78 is 42.2. The molecule has 4 rings (SSSR count). The summed E-state index contributed by atoms with van der Waals surface area (Å²) in [7, 11) is 0. The number of nitrogens with one attached hydrogen (secondary N) is 1. The second kappa shape index (κ2) is 14.2. The predicted molar refractivity (Wildman–Crippen MR) is 158 cm³/mol. The Morgan fingerprint density at radius 1 is 1.18 bits per heavy atom. The average molecular weight is 669 g/mol. The zero-order valence-corrected chi connectivity index (χ0v) is 24.0. The minimum Gasteiger partial charge on any atom is -0.399 e. The Hall–Kier alpha value is -3.25. The number of aromatic nitrogens is 5. The Kier molecular flexibility index (Phi) is 11.7. The van der Waals surface area contributed by atoms with Gasteiger partial charge in [0.15, 0.2) is 5.82 Å². The molecule has 0 amide bonds. The zero-order chi connectivity index (χ0) is 27.9. The van der Waals surface area contributed by atoms with Crippen LogP contribution in [0.25, 0.3) is 17.0 Å². The van der Waals surface area contributed by atoms with E-state index in [1.54, 1.807) is 36.7 Å². The van der Waals surface area contributed by atoms with E-state index in [9.17, 15) is 13.2 Å². The maximum atomic E-state index is 13.0. The number of hydrogen-bond donors (Lipinski definition) is 2. The first-order valence-electron chi connectivity index (χ1n) is 11.6. The number of allylic oxidation sites excluding steroid dienone is 3. The Morgan fingerprint density at radius 2 is 1.92 bits per heavy atom. The summed E-state index contributed by atoms with van der Waals surface area (Å²) in [6.07, 6.45) is 3.74. The molecule has 4 aromatic heterocycles. The first-order chi connectivity index (χ1) is 18.0. The molecule has 0 saturated carbocycles. The third kappa shape index (κ3) is 8.89. The van der Waals surface area contributed by atoms with Crippen molar-refractivity contribution in [2.75, 3.05) is 5.32 Å². The molecular formula is C27H30Br2F3N7. The Labute approximate surface area is 242 Å². The molecule has 0 aliphatic carbocycles. The smallest absolute Gasteiger partial charge is 0.399 e. The number of halogens is 5. The summed E-state index contributed by atoms with van der Waals surface area (Å²) >= 11 is 6.77. The van der Waals surface area contributed by atoms with Gasteiger partial charge in [0.05, 0.1) is 0 Å². The van der Waals surface area contributed by atoms with Crippen molar-refractivity contribution in [3.63, 3.8) is 0 Å². The average Bonchev–Trinajstić information content (AvgIpc) is 3.37. The van der Waals surface area contributed by atoms with Gasteiger partial charge in [-0.05, 0) is 82.1 Å². The lowest BCUT2D eigenvalue weighted by Crippen LogP contribution is -2.09. The van der Waals surface area contributed by atoms with Gasteiger partial charge in [0.1, 0.15) is 21.5 Å². The maximum Gasteiger partial charge on any atom is 0.433 e. The van der Waals surface area contributed by atoms with Crippen molar-refractivity contribution >= 4 is 48.9 Å². The number of fused-ring (bicyclic) bond motifs is 1. The number of nitrogens with two attached hydrogens (primary N) is 1. The fourth-order valence-electron chi connectivity index (χ4n) is 3.05. The van der Waals surface area contributed by atoms with Crippen LogP contribution in [0, 0.1) is 5.92 Å². The van der Waals surface area contributed by atoms with Gasteiger partial charge in [0.25, 0.3) is 0 Å². The van der Waals surface area contributed by atoms with Crippen LogP contribution in [-0.2, 0) is 6.18 Å². The molecule has 0 aromatic carbocycles. The lowest BCUT2D eigenvalue weighted by Gasteiger charge is -2.11. The molecule has 39 heavy (non-hydrogen) atoms. The zero-order valence-electron chi connectivity index (χ0n) is 20.8. The minimum absolute atomic E-state index is 0. The van der Waals surface area contributed by atoms with Crippen LogP contribution in [0.2, 0.25) is 0 Å². The molecule has 4 aromatic rings. The van der Waals surface area contributed by atoms with Crippen molar-refractivity contribution in [1.29, 1.82) is 0 Å². The van der Waals surface area contributed by atoms with E-state index in [-0.39, 0.29) is 18.9 Å². The van der Waals surface area contributed by atoms with Gasteiger partial charge in [-0.25, -0.2) is 19.5 Å². The molecule has 4 heterocycles. The van der Waals surface area contributed by atoms with E-state index in [0.29, 0.717) is 27.5 Å². The number of pyridine rings is 2. The topological polar surface area (TPSA) is 94.0 Å². The largest absolute Gasteiger partial charge is 0.433 e. The van der Waals surface area contributed by atoms with E-state index >= 15 is 0 Å². The fraction of sp³-hybridized carbons (Fsp3) is 0.259. The van der Waals surface area contributed by atoms with Crippen molar-refractivity contribution in [2.45, 2.75) is 40.8 Å². The van der Waals surface area contributed by atoms with E-state index in [0.717, 1.165) is 18.2 Å². The quantitative estimate of drug-likeness (QED) is 0.158. The van der Waals surface area contributed by atoms with Crippen LogP contribution in [0.15, 0.2) is 81.8 Å². The molecule has 3 N–H and O–H groups in total. The predicted octanol–water partition coefficient (Wildman–Crippen LogP) is 8.52. The molecule has 0 aliphatic heterocycles. The fourth-order valence-corrected chi connectivity index (χ4v) is 4.00. The highest BCUT2D eigenvalue weighted by Gasteiger charge is 2.32. The Morgan fingerprint density at radius 3 is 2.56 bits per heavy atom. The highest BCUT2D eigenvalue weighted by atomic mass is 79.9. The van der Waals surface area contributed by atoms with Gasteiger partial charge in [0.2, 0.25) is 5.82 Å². The molecule has 0 fully saturated rings. The first kappa shape index (κ1) is 32.0. The standard InChI is InChI=1S/C17H10BrF3N6.C9H16BrN.CH4/c18-14-9-10(6-7-22-14)23-16-12-4-2-8-27(12)26-15(25-16)11-3-1-5-13(24-11)17(19,20)21;1-4-7(3)9(10)6-8(11)5-2;/h1-9H,(H,22,23,25,26);5-7H,4,11H2,1-3H3;1H4/b;8-5+,9-6+;. The van der Waals surface area contributed by atoms with Gasteiger partial charge in [0, 0.05) is 23.8 Å². The molecule has 0 aliphatic rings. The highest BCUT2D eigenvalue weighted by Crippen LogP contribution is 2.30. The molecule has 0 radical (unpaired) electrons. The Balaban J connectivity index is 0.000000381. The Bertz CT molecular complexity index is 1450. The van der Waals surface area contributed by atoms with Crippen LogP contribution >= 0.6 is 31.9 Å². The maximum absolute atomic E-state index is 13.0. The van der Waals surface area contributed by atoms with Gasteiger partial charge in [-0.15, -0.1) is 5.10 Å². The van der Waals surface area contributed by atoms with Gasteiger partial charge >= 0.3 is 6.18 Å². The number of rotatable bonds is 6. The van der Waals surface area contributed by atoms with Crippen LogP contribution in [0.1, 0.15) is 40.3 Å². The van der Waals surface area contributed by atoms with Gasteiger partial charge in [-0.1, -0.05) is 49.3 Å². The molecule has 0 saturated heterocycles. The second-order valence-corrected chi connectivity index (χ2v) is 9.88. The lowest BCUT2D eigenvalue weighted by molar-refractivity contribution is -0.141. The summed E-state index contributed by atoms with van der Waals surface area (Å²) in [5, 5.41) is 7.40. The van der Waals surface area contributed by atoms with E-state index in [1.165, 1.54) is 21.1 Å².